The maximum Gasteiger partial charge on any atom is 0.0960 e. The Morgan fingerprint density at radius 1 is 1.25 bits per heavy atom. The second kappa shape index (κ2) is 5.15. The van der Waals surface area contributed by atoms with Crippen LogP contribution in [0.25, 0.3) is 11.0 Å². The first-order valence-electron chi connectivity index (χ1n) is 6.28. The van der Waals surface area contributed by atoms with Crippen LogP contribution in [0.5, 0.6) is 0 Å². The maximum atomic E-state index is 4.46. The Morgan fingerprint density at radius 3 is 2.81 bits per heavy atom. The van der Waals surface area contributed by atoms with Gasteiger partial charge in [0.2, 0.25) is 0 Å². The van der Waals surface area contributed by atoms with E-state index in [-0.39, 0.29) is 0 Å². The molecule has 2 nitrogen and oxygen atoms in total. The van der Waals surface area contributed by atoms with E-state index < -0.39 is 0 Å². The summed E-state index contributed by atoms with van der Waals surface area (Å²) in [5.41, 5.74) is 2.38. The molecule has 86 valence electrons. The van der Waals surface area contributed by atoms with Gasteiger partial charge < -0.3 is 4.57 Å². The molecule has 0 aliphatic carbocycles. The molecule has 0 saturated heterocycles. The molecule has 2 heteroatoms. The predicted molar refractivity (Wildman–Crippen MR) is 68.6 cm³/mol. The van der Waals surface area contributed by atoms with Gasteiger partial charge in [0.1, 0.15) is 0 Å². The van der Waals surface area contributed by atoms with Gasteiger partial charge in [-0.15, -0.1) is 0 Å². The van der Waals surface area contributed by atoms with Crippen LogP contribution in [0.15, 0.2) is 30.6 Å². The zero-order chi connectivity index (χ0) is 11.4. The standard InChI is InChI=1S/C14H20N2/c1-3-5-8-12(4-2)16-11-15-13-9-6-7-10-14(13)16/h6-7,9-12H,3-5,8H2,1-2H3/t12-/m1/s1. The molecule has 0 N–H and O–H groups in total. The molecule has 1 aromatic carbocycles. The van der Waals surface area contributed by atoms with Crippen LogP contribution in [0.4, 0.5) is 0 Å². The average molecular weight is 216 g/mol. The number of rotatable bonds is 5. The summed E-state index contributed by atoms with van der Waals surface area (Å²) >= 11 is 0. The van der Waals surface area contributed by atoms with Crippen LogP contribution in [0, 0.1) is 0 Å². The zero-order valence-electron chi connectivity index (χ0n) is 10.2. The molecule has 2 aromatic rings. The van der Waals surface area contributed by atoms with E-state index in [1.54, 1.807) is 0 Å². The molecule has 0 saturated carbocycles. The lowest BCUT2D eigenvalue weighted by molar-refractivity contribution is 0.446. The van der Waals surface area contributed by atoms with Gasteiger partial charge in [0.15, 0.2) is 0 Å². The molecule has 1 aromatic heterocycles. The second-order valence-corrected chi connectivity index (χ2v) is 4.34. The van der Waals surface area contributed by atoms with Crippen molar-refractivity contribution in [1.82, 2.24) is 9.55 Å². The number of hydrogen-bond donors (Lipinski definition) is 0. The predicted octanol–water partition coefficient (Wildman–Crippen LogP) is 4.18. The largest absolute Gasteiger partial charge is 0.327 e. The third-order valence-electron chi connectivity index (χ3n) is 3.24. The summed E-state index contributed by atoms with van der Waals surface area (Å²) in [6.07, 6.45) is 7.00. The molecule has 0 amide bonds. The van der Waals surface area contributed by atoms with E-state index in [1.807, 2.05) is 12.4 Å². The van der Waals surface area contributed by atoms with Crippen molar-refractivity contribution in [3.63, 3.8) is 0 Å². The maximum absolute atomic E-state index is 4.46. The Bertz CT molecular complexity index is 445. The minimum Gasteiger partial charge on any atom is -0.327 e. The fraction of sp³-hybridized carbons (Fsp3) is 0.500. The number of para-hydroxylation sites is 2. The van der Waals surface area contributed by atoms with E-state index in [9.17, 15) is 0 Å². The number of imidazole rings is 1. The molecule has 16 heavy (non-hydrogen) atoms. The molecule has 0 aliphatic heterocycles. The minimum absolute atomic E-state index is 0.604. The third kappa shape index (κ3) is 2.11. The number of hydrogen-bond acceptors (Lipinski definition) is 1. The highest BCUT2D eigenvalue weighted by Crippen LogP contribution is 2.23. The summed E-state index contributed by atoms with van der Waals surface area (Å²) in [5, 5.41) is 0. The van der Waals surface area contributed by atoms with Gasteiger partial charge in [-0.3, -0.25) is 0 Å². The molecule has 1 atom stereocenters. The molecule has 0 spiro atoms. The van der Waals surface area contributed by atoms with Gasteiger partial charge in [-0.25, -0.2) is 4.98 Å². The van der Waals surface area contributed by atoms with Crippen LogP contribution in [-0.4, -0.2) is 9.55 Å². The Hall–Kier alpha value is -1.31. The van der Waals surface area contributed by atoms with Gasteiger partial charge in [0.25, 0.3) is 0 Å². The van der Waals surface area contributed by atoms with Crippen LogP contribution in [0.3, 0.4) is 0 Å². The van der Waals surface area contributed by atoms with Gasteiger partial charge in [-0.05, 0) is 25.0 Å². The van der Waals surface area contributed by atoms with Gasteiger partial charge in [0, 0.05) is 6.04 Å². The first kappa shape index (κ1) is 11.2. The smallest absolute Gasteiger partial charge is 0.0960 e. The van der Waals surface area contributed by atoms with Crippen molar-refractivity contribution in [3.8, 4) is 0 Å². The molecule has 0 fully saturated rings. The van der Waals surface area contributed by atoms with E-state index in [1.165, 1.54) is 31.2 Å². The van der Waals surface area contributed by atoms with E-state index in [4.69, 9.17) is 0 Å². The summed E-state index contributed by atoms with van der Waals surface area (Å²) < 4.78 is 2.34. The zero-order valence-corrected chi connectivity index (χ0v) is 10.2. The number of fused-ring (bicyclic) bond motifs is 1. The SMILES string of the molecule is CCCC[C@@H](CC)n1cnc2ccccc21. The summed E-state index contributed by atoms with van der Waals surface area (Å²) in [5.74, 6) is 0. The molecule has 1 heterocycles. The van der Waals surface area contributed by atoms with E-state index in [0.29, 0.717) is 6.04 Å². The lowest BCUT2D eigenvalue weighted by Crippen LogP contribution is -2.06. The van der Waals surface area contributed by atoms with Crippen molar-refractivity contribution in [2.45, 2.75) is 45.6 Å². The van der Waals surface area contributed by atoms with Gasteiger partial charge >= 0.3 is 0 Å². The van der Waals surface area contributed by atoms with Crippen molar-refractivity contribution in [2.75, 3.05) is 0 Å². The number of unbranched alkanes of at least 4 members (excludes halogenated alkanes) is 1. The number of aromatic nitrogens is 2. The monoisotopic (exact) mass is 216 g/mol. The molecule has 2 rings (SSSR count). The minimum atomic E-state index is 0.604. The molecular formula is C14H20N2. The number of benzene rings is 1. The van der Waals surface area contributed by atoms with Gasteiger partial charge in [-0.2, -0.15) is 0 Å². The fourth-order valence-electron chi connectivity index (χ4n) is 2.25. The van der Waals surface area contributed by atoms with Crippen LogP contribution in [-0.2, 0) is 0 Å². The van der Waals surface area contributed by atoms with Crippen LogP contribution in [0.2, 0.25) is 0 Å². The first-order valence-corrected chi connectivity index (χ1v) is 6.28. The molecule has 0 bridgehead atoms. The second-order valence-electron chi connectivity index (χ2n) is 4.34. The highest BCUT2D eigenvalue weighted by atomic mass is 15.1. The average Bonchev–Trinajstić information content (AvgIpc) is 2.75. The Morgan fingerprint density at radius 2 is 2.06 bits per heavy atom. The highest BCUT2D eigenvalue weighted by Gasteiger charge is 2.10. The lowest BCUT2D eigenvalue weighted by Gasteiger charge is -2.17. The quantitative estimate of drug-likeness (QED) is 0.733. The van der Waals surface area contributed by atoms with Crippen LogP contribution in [0.1, 0.15) is 45.6 Å². The molecule has 0 aliphatic rings. The summed E-state index contributed by atoms with van der Waals surface area (Å²) in [7, 11) is 0. The van der Waals surface area contributed by atoms with E-state index in [0.717, 1.165) is 5.52 Å². The van der Waals surface area contributed by atoms with Crippen molar-refractivity contribution in [3.05, 3.63) is 30.6 Å². The molecule has 0 unspecified atom stereocenters. The van der Waals surface area contributed by atoms with Crippen molar-refractivity contribution in [1.29, 1.82) is 0 Å². The fourth-order valence-corrected chi connectivity index (χ4v) is 2.25. The summed E-state index contributed by atoms with van der Waals surface area (Å²) in [6, 6.07) is 8.99. The van der Waals surface area contributed by atoms with Crippen LogP contribution >= 0.6 is 0 Å². The Kier molecular flexibility index (Phi) is 3.60. The molecular weight excluding hydrogens is 196 g/mol. The third-order valence-corrected chi connectivity index (χ3v) is 3.24. The van der Waals surface area contributed by atoms with E-state index >= 15 is 0 Å². The molecule has 0 radical (unpaired) electrons. The van der Waals surface area contributed by atoms with Crippen molar-refractivity contribution < 1.29 is 0 Å². The normalized spacial score (nSPS) is 13.1. The first-order chi connectivity index (χ1) is 7.86. The van der Waals surface area contributed by atoms with E-state index in [2.05, 4.69) is 41.6 Å². The topological polar surface area (TPSA) is 17.8 Å². The highest BCUT2D eigenvalue weighted by molar-refractivity contribution is 5.75. The van der Waals surface area contributed by atoms with Gasteiger partial charge in [-0.1, -0.05) is 38.8 Å². The lowest BCUT2D eigenvalue weighted by atomic mass is 10.1. The number of nitrogens with zero attached hydrogens (tertiary/aromatic N) is 2. The van der Waals surface area contributed by atoms with Crippen molar-refractivity contribution in [2.24, 2.45) is 0 Å². The van der Waals surface area contributed by atoms with Crippen LogP contribution < -0.4 is 0 Å². The summed E-state index contributed by atoms with van der Waals surface area (Å²) in [4.78, 5) is 4.46. The van der Waals surface area contributed by atoms with Crippen molar-refractivity contribution >= 4 is 11.0 Å². The van der Waals surface area contributed by atoms with Gasteiger partial charge in [0.05, 0.1) is 17.4 Å². The summed E-state index contributed by atoms with van der Waals surface area (Å²) in [6.45, 7) is 4.51. The Labute approximate surface area is 97.3 Å². The Balaban J connectivity index is 2.30.